The third-order valence-corrected chi connectivity index (χ3v) is 3.91. The average Bonchev–Trinajstić information content (AvgIpc) is 3.08. The van der Waals surface area contributed by atoms with E-state index >= 15 is 0 Å². The average molecular weight is 366 g/mol. The molecule has 138 valence electrons. The van der Waals surface area contributed by atoms with Crippen molar-refractivity contribution in [3.05, 3.63) is 33.6 Å². The molecule has 0 amide bonds. The highest BCUT2D eigenvalue weighted by atomic mass is 16.5. The molecule has 2 aliphatic carbocycles. The Balaban J connectivity index is 2.93. The number of carbonyl (C=O) groups excluding carboxylic acids is 5. The highest BCUT2D eigenvalue weighted by Crippen LogP contribution is 2.48. The predicted molar refractivity (Wildman–Crippen MR) is 80.3 cm³/mol. The van der Waals surface area contributed by atoms with Crippen LogP contribution in [0.3, 0.4) is 0 Å². The second-order valence-corrected chi connectivity index (χ2v) is 5.06. The second-order valence-electron chi connectivity index (χ2n) is 5.06. The molecule has 0 aromatic rings. The highest BCUT2D eigenvalue weighted by Gasteiger charge is 2.54. The van der Waals surface area contributed by atoms with Crippen LogP contribution in [0.1, 0.15) is 0 Å². The van der Waals surface area contributed by atoms with E-state index in [2.05, 4.69) is 18.9 Å². The Morgan fingerprint density at radius 2 is 1.23 bits per heavy atom. The van der Waals surface area contributed by atoms with E-state index in [0.29, 0.717) is 0 Å². The van der Waals surface area contributed by atoms with E-state index in [1.807, 2.05) is 0 Å². The maximum Gasteiger partial charge on any atom is 0.342 e. The molecule has 0 saturated carbocycles. The first-order valence-corrected chi connectivity index (χ1v) is 7.06. The number of ether oxygens (including phenoxy) is 4. The molecule has 10 heteroatoms. The summed E-state index contributed by atoms with van der Waals surface area (Å²) >= 11 is 0. The number of hydrogen-bond donors (Lipinski definition) is 1. The molecule has 2 aliphatic rings. The molecule has 1 atom stereocenters. The van der Waals surface area contributed by atoms with Gasteiger partial charge in [0, 0.05) is 11.1 Å². The lowest BCUT2D eigenvalue weighted by atomic mass is 9.95. The summed E-state index contributed by atoms with van der Waals surface area (Å²) in [5, 5.41) is 10.4. The van der Waals surface area contributed by atoms with Crippen LogP contribution < -0.4 is 0 Å². The van der Waals surface area contributed by atoms with Gasteiger partial charge in [0.25, 0.3) is 0 Å². The summed E-state index contributed by atoms with van der Waals surface area (Å²) in [7, 11) is 3.96. The topological polar surface area (TPSA) is 142 Å². The van der Waals surface area contributed by atoms with Crippen molar-refractivity contribution in [2.24, 2.45) is 5.92 Å². The normalized spacial score (nSPS) is 18.8. The minimum Gasteiger partial charge on any atom is -0.506 e. The van der Waals surface area contributed by atoms with Crippen LogP contribution in [0.5, 0.6) is 0 Å². The van der Waals surface area contributed by atoms with E-state index < -0.39 is 63.6 Å². The molecule has 10 nitrogen and oxygen atoms in total. The van der Waals surface area contributed by atoms with Crippen LogP contribution in [0, 0.1) is 5.92 Å². The van der Waals surface area contributed by atoms with Crippen LogP contribution in [-0.4, -0.2) is 63.2 Å². The fraction of sp³-hybridized carbons (Fsp3) is 0.312. The molecule has 0 aromatic heterocycles. The van der Waals surface area contributed by atoms with Gasteiger partial charge in [0.1, 0.15) is 28.4 Å². The van der Waals surface area contributed by atoms with Gasteiger partial charge in [-0.1, -0.05) is 0 Å². The minimum absolute atomic E-state index is 0.369. The largest absolute Gasteiger partial charge is 0.506 e. The molecule has 1 N–H and O–H groups in total. The van der Waals surface area contributed by atoms with Crippen LogP contribution >= 0.6 is 0 Å². The van der Waals surface area contributed by atoms with E-state index in [9.17, 15) is 29.1 Å². The van der Waals surface area contributed by atoms with Crippen molar-refractivity contribution in [2.75, 3.05) is 28.4 Å². The van der Waals surface area contributed by atoms with Gasteiger partial charge in [-0.15, -0.1) is 0 Å². The molecule has 0 heterocycles. The van der Waals surface area contributed by atoms with E-state index in [0.717, 1.165) is 28.4 Å². The van der Waals surface area contributed by atoms with Gasteiger partial charge in [0.15, 0.2) is 5.78 Å². The number of aliphatic hydroxyl groups excluding tert-OH is 1. The Kier molecular flexibility index (Phi) is 4.96. The zero-order chi connectivity index (χ0) is 19.8. The SMILES string of the molecule is COC(=O)C1=C(O)C(C(=O)OC)=C2C1=C(C(=O)OC)C(=O)[C@H]2C(=O)OC. The maximum absolute atomic E-state index is 12.6. The van der Waals surface area contributed by atoms with Gasteiger partial charge in [-0.05, 0) is 0 Å². The van der Waals surface area contributed by atoms with E-state index in [1.165, 1.54) is 0 Å². The molecule has 2 rings (SSSR count). The second kappa shape index (κ2) is 6.82. The zero-order valence-corrected chi connectivity index (χ0v) is 14.2. The molecule has 0 spiro atoms. The van der Waals surface area contributed by atoms with Gasteiger partial charge in [0.2, 0.25) is 0 Å². The van der Waals surface area contributed by atoms with Gasteiger partial charge in [0.05, 0.1) is 28.4 Å². The number of fused-ring (bicyclic) bond motifs is 1. The molecule has 0 fully saturated rings. The van der Waals surface area contributed by atoms with Crippen LogP contribution in [0.4, 0.5) is 0 Å². The number of hydrogen-bond acceptors (Lipinski definition) is 10. The van der Waals surface area contributed by atoms with Crippen LogP contribution in [0.15, 0.2) is 33.6 Å². The van der Waals surface area contributed by atoms with Crippen molar-refractivity contribution in [3.63, 3.8) is 0 Å². The molecular formula is C16H14O10. The van der Waals surface area contributed by atoms with Crippen LogP contribution in [0.2, 0.25) is 0 Å². The lowest BCUT2D eigenvalue weighted by Crippen LogP contribution is -2.27. The Labute approximate surface area is 146 Å². The van der Waals surface area contributed by atoms with E-state index in [-0.39, 0.29) is 5.57 Å². The third-order valence-electron chi connectivity index (χ3n) is 3.91. The number of rotatable bonds is 4. The van der Waals surface area contributed by atoms with Crippen LogP contribution in [0.25, 0.3) is 0 Å². The van der Waals surface area contributed by atoms with Crippen molar-refractivity contribution in [2.45, 2.75) is 0 Å². The van der Waals surface area contributed by atoms with Gasteiger partial charge in [-0.25, -0.2) is 14.4 Å². The maximum atomic E-state index is 12.6. The summed E-state index contributed by atoms with van der Waals surface area (Å²) in [5.41, 5.74) is -2.69. The molecule has 0 bridgehead atoms. The summed E-state index contributed by atoms with van der Waals surface area (Å²) in [6.45, 7) is 0. The molecule has 0 unspecified atom stereocenters. The Hall–Kier alpha value is -3.43. The van der Waals surface area contributed by atoms with Crippen molar-refractivity contribution in [1.82, 2.24) is 0 Å². The molecule has 0 aliphatic heterocycles. The number of Topliss-reactive ketones (excluding diaryl/α,β-unsaturated/α-hetero) is 1. The number of esters is 4. The summed E-state index contributed by atoms with van der Waals surface area (Å²) in [4.78, 5) is 61.0. The Bertz CT molecular complexity index is 839. The molecular weight excluding hydrogens is 352 g/mol. The Morgan fingerprint density at radius 1 is 0.769 bits per heavy atom. The quantitative estimate of drug-likeness (QED) is 0.293. The van der Waals surface area contributed by atoms with Crippen molar-refractivity contribution >= 4 is 29.7 Å². The molecule has 0 saturated heterocycles. The first kappa shape index (κ1) is 18.9. The number of methoxy groups -OCH3 is 4. The summed E-state index contributed by atoms with van der Waals surface area (Å²) < 4.78 is 18.2. The zero-order valence-electron chi connectivity index (χ0n) is 14.2. The lowest BCUT2D eigenvalue weighted by Gasteiger charge is -2.11. The predicted octanol–water partition coefficient (Wildman–Crippen LogP) is -0.704. The Morgan fingerprint density at radius 3 is 1.69 bits per heavy atom. The van der Waals surface area contributed by atoms with E-state index in [4.69, 9.17) is 0 Å². The summed E-state index contributed by atoms with van der Waals surface area (Å²) in [6.07, 6.45) is 0. The smallest absolute Gasteiger partial charge is 0.342 e. The fourth-order valence-electron chi connectivity index (χ4n) is 2.83. The number of carbonyl (C=O) groups is 5. The molecule has 26 heavy (non-hydrogen) atoms. The first-order valence-electron chi connectivity index (χ1n) is 7.06. The summed E-state index contributed by atoms with van der Waals surface area (Å²) in [6, 6.07) is 0. The van der Waals surface area contributed by atoms with Crippen molar-refractivity contribution in [3.8, 4) is 0 Å². The number of aliphatic hydroxyl groups is 1. The lowest BCUT2D eigenvalue weighted by molar-refractivity contribution is -0.147. The fourth-order valence-corrected chi connectivity index (χ4v) is 2.83. The standard InChI is InChI=1S/C16H14O10/c1-23-13(19)7-5-6(9(11(7)17)15(21)25-3)10(16(22)26-4)12(18)8(5)14(20)24-2/h7,18H,1-4H3/t7-/m0/s1. The third kappa shape index (κ3) is 2.46. The monoisotopic (exact) mass is 366 g/mol. The molecule has 0 aromatic carbocycles. The van der Waals surface area contributed by atoms with Crippen LogP contribution in [-0.2, 0) is 42.9 Å². The minimum atomic E-state index is -1.75. The van der Waals surface area contributed by atoms with Crippen molar-refractivity contribution in [1.29, 1.82) is 0 Å². The van der Waals surface area contributed by atoms with Gasteiger partial charge < -0.3 is 24.1 Å². The molecule has 0 radical (unpaired) electrons. The summed E-state index contributed by atoms with van der Waals surface area (Å²) in [5.74, 6) is -8.17. The number of ketones is 1. The highest BCUT2D eigenvalue weighted by molar-refractivity contribution is 6.31. The first-order chi connectivity index (χ1) is 12.3. The van der Waals surface area contributed by atoms with E-state index in [1.54, 1.807) is 0 Å². The van der Waals surface area contributed by atoms with Gasteiger partial charge in [-0.3, -0.25) is 9.59 Å². The van der Waals surface area contributed by atoms with Crippen molar-refractivity contribution < 1.29 is 48.0 Å². The van der Waals surface area contributed by atoms with Gasteiger partial charge in [-0.2, -0.15) is 0 Å². The van der Waals surface area contributed by atoms with Gasteiger partial charge >= 0.3 is 23.9 Å².